The van der Waals surface area contributed by atoms with Crippen molar-refractivity contribution < 1.29 is 9.59 Å². The summed E-state index contributed by atoms with van der Waals surface area (Å²) >= 11 is 0. The maximum atomic E-state index is 12.3. The van der Waals surface area contributed by atoms with Crippen LogP contribution >= 0.6 is 0 Å². The molecular formula is C18H27N3O2. The lowest BCUT2D eigenvalue weighted by Gasteiger charge is -2.30. The molecule has 126 valence electrons. The molecule has 1 saturated heterocycles. The summed E-state index contributed by atoms with van der Waals surface area (Å²) in [6.45, 7) is 7.89. The van der Waals surface area contributed by atoms with Crippen molar-refractivity contribution in [2.75, 3.05) is 19.6 Å². The molecule has 3 N–H and O–H groups in total. The van der Waals surface area contributed by atoms with Gasteiger partial charge in [0.15, 0.2) is 0 Å². The van der Waals surface area contributed by atoms with Crippen LogP contribution in [0.4, 0.5) is 0 Å². The Bertz CT molecular complexity index is 586. The number of nitrogens with zero attached hydrogens (tertiary/aromatic N) is 1. The van der Waals surface area contributed by atoms with Gasteiger partial charge in [-0.2, -0.15) is 0 Å². The van der Waals surface area contributed by atoms with Crippen LogP contribution in [0.2, 0.25) is 0 Å². The zero-order chi connectivity index (χ0) is 17.0. The van der Waals surface area contributed by atoms with Crippen molar-refractivity contribution in [3.8, 4) is 0 Å². The standard InChI is InChI=1S/C18H27N3O2/c1-12-6-7-15(9-13(12)2)14(3)20-17(22)11-21-8-4-5-16(10-21)18(19)23/h6-7,9,14,16H,4-5,8,10-11H2,1-3H3,(H2,19,23)(H,20,22)/t14-,16+/m1/s1. The molecule has 0 aromatic heterocycles. The zero-order valence-electron chi connectivity index (χ0n) is 14.3. The number of likely N-dealkylation sites (tertiary alicyclic amines) is 1. The second-order valence-electron chi connectivity index (χ2n) is 6.61. The van der Waals surface area contributed by atoms with Crippen LogP contribution < -0.4 is 11.1 Å². The summed E-state index contributed by atoms with van der Waals surface area (Å²) in [7, 11) is 0. The van der Waals surface area contributed by atoms with E-state index in [9.17, 15) is 9.59 Å². The molecule has 1 aromatic rings. The molecule has 0 spiro atoms. The van der Waals surface area contributed by atoms with Gasteiger partial charge >= 0.3 is 0 Å². The molecule has 0 saturated carbocycles. The fraction of sp³-hybridized carbons (Fsp3) is 0.556. The monoisotopic (exact) mass is 317 g/mol. The van der Waals surface area contributed by atoms with E-state index >= 15 is 0 Å². The van der Waals surface area contributed by atoms with Crippen molar-refractivity contribution in [1.29, 1.82) is 0 Å². The van der Waals surface area contributed by atoms with Gasteiger partial charge in [0.25, 0.3) is 0 Å². The third kappa shape index (κ3) is 4.79. The van der Waals surface area contributed by atoms with E-state index in [4.69, 9.17) is 5.73 Å². The molecule has 1 heterocycles. The molecule has 2 atom stereocenters. The number of carbonyl (C=O) groups excluding carboxylic acids is 2. The zero-order valence-corrected chi connectivity index (χ0v) is 14.3. The summed E-state index contributed by atoms with van der Waals surface area (Å²) in [5.74, 6) is -0.409. The van der Waals surface area contributed by atoms with Gasteiger partial charge in [-0.05, 0) is 56.8 Å². The summed E-state index contributed by atoms with van der Waals surface area (Å²) in [5, 5.41) is 3.04. The van der Waals surface area contributed by atoms with Crippen molar-refractivity contribution >= 4 is 11.8 Å². The molecule has 0 aliphatic carbocycles. The number of hydrogen-bond donors (Lipinski definition) is 2. The molecule has 2 rings (SSSR count). The van der Waals surface area contributed by atoms with Crippen molar-refractivity contribution in [3.63, 3.8) is 0 Å². The quantitative estimate of drug-likeness (QED) is 0.867. The van der Waals surface area contributed by atoms with E-state index < -0.39 is 0 Å². The Hall–Kier alpha value is -1.88. The normalized spacial score (nSPS) is 20.0. The number of hydrogen-bond acceptors (Lipinski definition) is 3. The van der Waals surface area contributed by atoms with Gasteiger partial charge in [0, 0.05) is 6.54 Å². The van der Waals surface area contributed by atoms with Crippen molar-refractivity contribution in [2.45, 2.75) is 39.7 Å². The van der Waals surface area contributed by atoms with Crippen LogP contribution in [0.15, 0.2) is 18.2 Å². The summed E-state index contributed by atoms with van der Waals surface area (Å²) < 4.78 is 0. The predicted octanol–water partition coefficient (Wildman–Crippen LogP) is 1.68. The fourth-order valence-electron chi connectivity index (χ4n) is 3.04. The second-order valence-corrected chi connectivity index (χ2v) is 6.61. The van der Waals surface area contributed by atoms with E-state index in [1.165, 1.54) is 11.1 Å². The highest BCUT2D eigenvalue weighted by Gasteiger charge is 2.25. The van der Waals surface area contributed by atoms with Crippen molar-refractivity contribution in [2.24, 2.45) is 11.7 Å². The molecule has 0 unspecified atom stereocenters. The second kappa shape index (κ2) is 7.59. The van der Waals surface area contributed by atoms with Gasteiger partial charge in [0.05, 0.1) is 18.5 Å². The molecular weight excluding hydrogens is 290 g/mol. The third-order valence-electron chi connectivity index (χ3n) is 4.68. The fourth-order valence-corrected chi connectivity index (χ4v) is 3.04. The van der Waals surface area contributed by atoms with E-state index in [1.54, 1.807) is 0 Å². The molecule has 0 bridgehead atoms. The molecule has 23 heavy (non-hydrogen) atoms. The number of aryl methyl sites for hydroxylation is 2. The molecule has 0 radical (unpaired) electrons. The molecule has 5 nitrogen and oxygen atoms in total. The highest BCUT2D eigenvalue weighted by Crippen LogP contribution is 2.18. The van der Waals surface area contributed by atoms with E-state index in [1.807, 2.05) is 11.8 Å². The van der Waals surface area contributed by atoms with Crippen LogP contribution in [0.3, 0.4) is 0 Å². The smallest absolute Gasteiger partial charge is 0.234 e. The lowest BCUT2D eigenvalue weighted by atomic mass is 9.97. The topological polar surface area (TPSA) is 75.4 Å². The average molecular weight is 317 g/mol. The first-order chi connectivity index (χ1) is 10.9. The summed E-state index contributed by atoms with van der Waals surface area (Å²) in [6.07, 6.45) is 1.74. The summed E-state index contributed by atoms with van der Waals surface area (Å²) in [5.41, 5.74) is 8.96. The van der Waals surface area contributed by atoms with E-state index in [-0.39, 0.29) is 23.8 Å². The highest BCUT2D eigenvalue weighted by atomic mass is 16.2. The molecule has 5 heteroatoms. The number of nitrogens with one attached hydrogen (secondary N) is 1. The Morgan fingerprint density at radius 2 is 2.09 bits per heavy atom. The van der Waals surface area contributed by atoms with Crippen LogP contribution in [0.1, 0.15) is 42.5 Å². The minimum absolute atomic E-state index is 0.0131. The number of rotatable bonds is 5. The van der Waals surface area contributed by atoms with Gasteiger partial charge in [-0.15, -0.1) is 0 Å². The largest absolute Gasteiger partial charge is 0.369 e. The number of nitrogens with two attached hydrogens (primary N) is 1. The summed E-state index contributed by atoms with van der Waals surface area (Å²) in [6, 6.07) is 6.22. The van der Waals surface area contributed by atoms with Crippen LogP contribution in [0.5, 0.6) is 0 Å². The average Bonchev–Trinajstić information content (AvgIpc) is 2.50. The SMILES string of the molecule is Cc1ccc([C@@H](C)NC(=O)CN2CCC[C@H](C(N)=O)C2)cc1C. The van der Waals surface area contributed by atoms with E-state index in [0.717, 1.165) is 24.9 Å². The molecule has 1 aliphatic rings. The van der Waals surface area contributed by atoms with Gasteiger partial charge in [-0.25, -0.2) is 0 Å². The Morgan fingerprint density at radius 1 is 1.35 bits per heavy atom. The van der Waals surface area contributed by atoms with Crippen LogP contribution in [0, 0.1) is 19.8 Å². The van der Waals surface area contributed by atoms with E-state index in [0.29, 0.717) is 13.1 Å². The maximum Gasteiger partial charge on any atom is 0.234 e. The number of piperidine rings is 1. The number of amides is 2. The minimum Gasteiger partial charge on any atom is -0.369 e. The van der Waals surface area contributed by atoms with Gasteiger partial charge in [-0.3, -0.25) is 14.5 Å². The van der Waals surface area contributed by atoms with Crippen LogP contribution in [-0.2, 0) is 9.59 Å². The molecule has 1 fully saturated rings. The number of primary amides is 1. The first-order valence-corrected chi connectivity index (χ1v) is 8.25. The lowest BCUT2D eigenvalue weighted by molar-refractivity contribution is -0.127. The Kier molecular flexibility index (Phi) is 5.77. The molecule has 2 amide bonds. The van der Waals surface area contributed by atoms with Gasteiger partial charge < -0.3 is 11.1 Å². The summed E-state index contributed by atoms with van der Waals surface area (Å²) in [4.78, 5) is 25.6. The van der Waals surface area contributed by atoms with Crippen LogP contribution in [-0.4, -0.2) is 36.3 Å². The lowest BCUT2D eigenvalue weighted by Crippen LogP contribution is -2.45. The first-order valence-electron chi connectivity index (χ1n) is 8.25. The first kappa shape index (κ1) is 17.5. The van der Waals surface area contributed by atoms with Gasteiger partial charge in [0.1, 0.15) is 0 Å². The maximum absolute atomic E-state index is 12.3. The Morgan fingerprint density at radius 3 is 2.74 bits per heavy atom. The van der Waals surface area contributed by atoms with Crippen molar-refractivity contribution in [3.05, 3.63) is 34.9 Å². The Balaban J connectivity index is 1.88. The molecule has 1 aliphatic heterocycles. The predicted molar refractivity (Wildman–Crippen MR) is 90.8 cm³/mol. The number of carbonyl (C=O) groups is 2. The molecule has 1 aromatic carbocycles. The third-order valence-corrected chi connectivity index (χ3v) is 4.68. The van der Waals surface area contributed by atoms with Crippen LogP contribution in [0.25, 0.3) is 0 Å². The minimum atomic E-state index is -0.265. The van der Waals surface area contributed by atoms with E-state index in [2.05, 4.69) is 37.4 Å². The van der Waals surface area contributed by atoms with Gasteiger partial charge in [-0.1, -0.05) is 18.2 Å². The Labute approximate surface area is 138 Å². The highest BCUT2D eigenvalue weighted by molar-refractivity contribution is 5.79. The number of benzene rings is 1. The van der Waals surface area contributed by atoms with Gasteiger partial charge in [0.2, 0.25) is 11.8 Å². The van der Waals surface area contributed by atoms with Crippen molar-refractivity contribution in [1.82, 2.24) is 10.2 Å².